The molecule has 1 aliphatic rings. The number of aliphatic carboxylic acids is 1. The van der Waals surface area contributed by atoms with Crippen LogP contribution >= 0.6 is 0 Å². The van der Waals surface area contributed by atoms with Crippen molar-refractivity contribution in [2.45, 2.75) is 26.3 Å². The second-order valence-electron chi connectivity index (χ2n) is 4.85. The maximum Gasteiger partial charge on any atom is 0.310 e. The van der Waals surface area contributed by atoms with Crippen LogP contribution < -0.4 is 0 Å². The minimum Gasteiger partial charge on any atom is -0.481 e. The van der Waals surface area contributed by atoms with Gasteiger partial charge in [0.2, 0.25) is 0 Å². The van der Waals surface area contributed by atoms with Crippen molar-refractivity contribution < 1.29 is 9.90 Å². The Bertz CT molecular complexity index is 416. The van der Waals surface area contributed by atoms with Crippen molar-refractivity contribution in [3.8, 4) is 0 Å². The topological polar surface area (TPSA) is 58.4 Å². The summed E-state index contributed by atoms with van der Waals surface area (Å²) in [5.74, 6) is -0.660. The first-order chi connectivity index (χ1) is 8.07. The fraction of sp³-hybridized carbons (Fsp3) is 0.667. The van der Waals surface area contributed by atoms with Gasteiger partial charge in [-0.3, -0.25) is 14.4 Å². The molecule has 1 atom stereocenters. The van der Waals surface area contributed by atoms with Crippen molar-refractivity contribution in [1.82, 2.24) is 14.7 Å². The van der Waals surface area contributed by atoms with E-state index in [0.29, 0.717) is 13.0 Å². The van der Waals surface area contributed by atoms with E-state index in [9.17, 15) is 9.90 Å². The van der Waals surface area contributed by atoms with Crippen LogP contribution in [0, 0.1) is 5.41 Å². The third kappa shape index (κ3) is 2.20. The highest BCUT2D eigenvalue weighted by molar-refractivity contribution is 5.75. The third-order valence-electron chi connectivity index (χ3n) is 3.87. The minimum atomic E-state index is -0.660. The molecule has 0 amide bonds. The number of hydrogen-bond donors (Lipinski definition) is 1. The molecule has 1 unspecified atom stereocenters. The largest absolute Gasteiger partial charge is 0.481 e. The van der Waals surface area contributed by atoms with Gasteiger partial charge in [-0.05, 0) is 25.5 Å². The van der Waals surface area contributed by atoms with E-state index >= 15 is 0 Å². The maximum atomic E-state index is 11.3. The molecule has 2 heterocycles. The van der Waals surface area contributed by atoms with Crippen molar-refractivity contribution in [3.63, 3.8) is 0 Å². The molecule has 1 N–H and O–H groups in total. The highest BCUT2D eigenvalue weighted by Crippen LogP contribution is 2.34. The number of carboxylic acid groups (broad SMARTS) is 1. The number of nitrogens with zero attached hydrogens (tertiary/aromatic N) is 3. The van der Waals surface area contributed by atoms with Crippen LogP contribution in [0.1, 0.15) is 25.5 Å². The molecule has 0 aromatic carbocycles. The molecular weight excluding hydrogens is 218 g/mol. The summed E-state index contributed by atoms with van der Waals surface area (Å²) in [7, 11) is 1.91. The zero-order chi connectivity index (χ0) is 12.5. The van der Waals surface area contributed by atoms with E-state index in [0.717, 1.165) is 25.2 Å². The van der Waals surface area contributed by atoms with Crippen molar-refractivity contribution in [2.24, 2.45) is 12.5 Å². The Labute approximate surface area is 101 Å². The Balaban J connectivity index is 2.03. The van der Waals surface area contributed by atoms with Crippen molar-refractivity contribution in [3.05, 3.63) is 18.0 Å². The molecule has 0 saturated carbocycles. The summed E-state index contributed by atoms with van der Waals surface area (Å²) in [6.07, 6.45) is 3.22. The van der Waals surface area contributed by atoms with Gasteiger partial charge in [0.25, 0.3) is 0 Å². The maximum absolute atomic E-state index is 11.3. The zero-order valence-electron chi connectivity index (χ0n) is 10.4. The van der Waals surface area contributed by atoms with E-state index < -0.39 is 11.4 Å². The molecular formula is C12H19N3O2. The molecule has 0 aliphatic carbocycles. The van der Waals surface area contributed by atoms with Gasteiger partial charge in [-0.25, -0.2) is 0 Å². The molecule has 1 aromatic rings. The summed E-state index contributed by atoms with van der Waals surface area (Å²) >= 11 is 0. The molecule has 0 bridgehead atoms. The zero-order valence-corrected chi connectivity index (χ0v) is 10.4. The highest BCUT2D eigenvalue weighted by atomic mass is 16.4. The lowest BCUT2D eigenvalue weighted by Crippen LogP contribution is -2.34. The number of carbonyl (C=O) groups is 1. The van der Waals surface area contributed by atoms with Crippen molar-refractivity contribution >= 4 is 5.97 Å². The minimum absolute atomic E-state index is 0.543. The lowest BCUT2D eigenvalue weighted by atomic mass is 9.84. The Morgan fingerprint density at radius 3 is 2.88 bits per heavy atom. The smallest absolute Gasteiger partial charge is 0.310 e. The Morgan fingerprint density at radius 2 is 2.41 bits per heavy atom. The summed E-state index contributed by atoms with van der Waals surface area (Å²) < 4.78 is 1.84. The SMILES string of the molecule is CCC1(C(=O)O)CCN(Cc2ccnn2C)C1. The van der Waals surface area contributed by atoms with Crippen molar-refractivity contribution in [2.75, 3.05) is 13.1 Å². The van der Waals surface area contributed by atoms with E-state index in [-0.39, 0.29) is 0 Å². The van der Waals surface area contributed by atoms with Gasteiger partial charge in [0.05, 0.1) is 11.1 Å². The first-order valence-corrected chi connectivity index (χ1v) is 6.00. The Morgan fingerprint density at radius 1 is 1.65 bits per heavy atom. The van der Waals surface area contributed by atoms with Gasteiger partial charge in [-0.15, -0.1) is 0 Å². The van der Waals surface area contributed by atoms with Gasteiger partial charge >= 0.3 is 5.97 Å². The van der Waals surface area contributed by atoms with Crippen LogP contribution in [-0.2, 0) is 18.4 Å². The molecule has 1 saturated heterocycles. The van der Waals surface area contributed by atoms with Crippen LogP contribution in [0.5, 0.6) is 0 Å². The summed E-state index contributed by atoms with van der Waals surface area (Å²) in [4.78, 5) is 13.5. The average Bonchev–Trinajstić information content (AvgIpc) is 2.88. The molecule has 5 heteroatoms. The Hall–Kier alpha value is -1.36. The van der Waals surface area contributed by atoms with Crippen LogP contribution in [0.2, 0.25) is 0 Å². The standard InChI is InChI=1S/C12H19N3O2/c1-3-12(11(16)17)5-7-15(9-12)8-10-4-6-13-14(10)2/h4,6H,3,5,7-9H2,1-2H3,(H,16,17). The van der Waals surface area contributed by atoms with E-state index in [1.165, 1.54) is 0 Å². The van der Waals surface area contributed by atoms with E-state index in [1.54, 1.807) is 6.20 Å². The van der Waals surface area contributed by atoms with Crippen LogP contribution in [0.25, 0.3) is 0 Å². The predicted molar refractivity (Wildman–Crippen MR) is 63.5 cm³/mol. The van der Waals surface area contributed by atoms with E-state index in [2.05, 4.69) is 10.00 Å². The average molecular weight is 237 g/mol. The summed E-state index contributed by atoms with van der Waals surface area (Å²) in [6, 6.07) is 1.98. The second kappa shape index (κ2) is 4.49. The summed E-state index contributed by atoms with van der Waals surface area (Å²) in [5, 5.41) is 13.4. The van der Waals surface area contributed by atoms with E-state index in [4.69, 9.17) is 0 Å². The number of hydrogen-bond acceptors (Lipinski definition) is 3. The normalized spacial score (nSPS) is 25.3. The van der Waals surface area contributed by atoms with Gasteiger partial charge in [-0.1, -0.05) is 6.92 Å². The van der Waals surface area contributed by atoms with Gasteiger partial charge in [0.1, 0.15) is 0 Å². The van der Waals surface area contributed by atoms with Gasteiger partial charge < -0.3 is 5.11 Å². The number of carboxylic acids is 1. The predicted octanol–water partition coefficient (Wildman–Crippen LogP) is 1.11. The second-order valence-corrected chi connectivity index (χ2v) is 4.85. The molecule has 94 valence electrons. The lowest BCUT2D eigenvalue weighted by molar-refractivity contribution is -0.148. The molecule has 0 radical (unpaired) electrons. The van der Waals surface area contributed by atoms with Crippen LogP contribution in [0.15, 0.2) is 12.3 Å². The number of rotatable bonds is 4. The Kier molecular flexibility index (Phi) is 3.19. The van der Waals surface area contributed by atoms with Crippen LogP contribution in [0.3, 0.4) is 0 Å². The number of aryl methyl sites for hydroxylation is 1. The first kappa shape index (κ1) is 12.1. The molecule has 1 aliphatic heterocycles. The number of likely N-dealkylation sites (tertiary alicyclic amines) is 1. The quantitative estimate of drug-likeness (QED) is 0.852. The van der Waals surface area contributed by atoms with E-state index in [1.807, 2.05) is 24.7 Å². The molecule has 5 nitrogen and oxygen atoms in total. The first-order valence-electron chi connectivity index (χ1n) is 6.00. The van der Waals surface area contributed by atoms with Gasteiger partial charge in [0.15, 0.2) is 0 Å². The summed E-state index contributed by atoms with van der Waals surface area (Å²) in [5.41, 5.74) is 0.584. The summed E-state index contributed by atoms with van der Waals surface area (Å²) in [6.45, 7) is 4.24. The monoisotopic (exact) mass is 237 g/mol. The highest BCUT2D eigenvalue weighted by Gasteiger charge is 2.43. The molecule has 17 heavy (non-hydrogen) atoms. The third-order valence-corrected chi connectivity index (χ3v) is 3.87. The molecule has 2 rings (SSSR count). The van der Waals surface area contributed by atoms with Crippen LogP contribution in [0.4, 0.5) is 0 Å². The van der Waals surface area contributed by atoms with Crippen LogP contribution in [-0.4, -0.2) is 38.8 Å². The molecule has 1 aromatic heterocycles. The van der Waals surface area contributed by atoms with Crippen molar-refractivity contribution in [1.29, 1.82) is 0 Å². The van der Waals surface area contributed by atoms with Gasteiger partial charge in [-0.2, -0.15) is 5.10 Å². The fourth-order valence-corrected chi connectivity index (χ4v) is 2.49. The number of aromatic nitrogens is 2. The molecule has 1 fully saturated rings. The molecule has 0 spiro atoms. The van der Waals surface area contributed by atoms with Gasteiger partial charge in [0, 0.05) is 26.3 Å². The fourth-order valence-electron chi connectivity index (χ4n) is 2.49. The lowest BCUT2D eigenvalue weighted by Gasteiger charge is -2.23.